The molecule has 0 bridgehead atoms. The Morgan fingerprint density at radius 3 is 2.42 bits per heavy atom. The van der Waals surface area contributed by atoms with Crippen LogP contribution in [0.15, 0.2) is 74.7 Å². The molecule has 1 N–H and O–H groups in total. The van der Waals surface area contributed by atoms with Gasteiger partial charge in [0.25, 0.3) is 5.69 Å². The third-order valence-corrected chi connectivity index (χ3v) is 5.09. The smallest absolute Gasteiger partial charge is 0.301 e. The van der Waals surface area contributed by atoms with E-state index in [4.69, 9.17) is 4.74 Å². The van der Waals surface area contributed by atoms with Crippen LogP contribution in [0.1, 0.15) is 11.1 Å². The van der Waals surface area contributed by atoms with Gasteiger partial charge in [-0.15, -0.1) is 0 Å². The molecule has 0 aliphatic rings. The first kappa shape index (κ1) is 22.4. The van der Waals surface area contributed by atoms with Crippen LogP contribution in [0.2, 0.25) is 0 Å². The number of hydrogen-bond donors (Lipinski definition) is 1. The van der Waals surface area contributed by atoms with E-state index in [9.17, 15) is 20.2 Å². The summed E-state index contributed by atoms with van der Waals surface area (Å²) in [6.45, 7) is 0.336. The second-order valence-electron chi connectivity index (χ2n) is 6.17. The zero-order valence-electron chi connectivity index (χ0n) is 15.7. The highest BCUT2D eigenvalue weighted by Gasteiger charge is 2.19. The maximum absolute atomic E-state index is 11.3. The molecule has 0 saturated carbocycles. The maximum Gasteiger partial charge on any atom is 0.301 e. The van der Waals surface area contributed by atoms with E-state index >= 15 is 0 Å². The lowest BCUT2D eigenvalue weighted by Crippen LogP contribution is -2.01. The zero-order chi connectivity index (χ0) is 22.4. The SMILES string of the molecule is O=[N+]([O-])c1ccc(N/N=C/c2cc(Br)cc(Br)c2OCc2ccccc2)c([N+](=O)[O-])c1. The Hall–Kier alpha value is -3.31. The lowest BCUT2D eigenvalue weighted by Gasteiger charge is -2.12. The van der Waals surface area contributed by atoms with E-state index in [0.29, 0.717) is 22.4 Å². The number of nitrogens with zero attached hydrogens (tertiary/aromatic N) is 3. The summed E-state index contributed by atoms with van der Waals surface area (Å²) in [6.07, 6.45) is 1.45. The number of anilines is 1. The van der Waals surface area contributed by atoms with E-state index in [-0.39, 0.29) is 11.4 Å². The van der Waals surface area contributed by atoms with Gasteiger partial charge in [-0.25, -0.2) is 0 Å². The van der Waals surface area contributed by atoms with Crippen LogP contribution in [0, 0.1) is 20.2 Å². The Bertz CT molecular complexity index is 1160. The Morgan fingerprint density at radius 2 is 1.74 bits per heavy atom. The van der Waals surface area contributed by atoms with Crippen LogP contribution in [0.5, 0.6) is 5.75 Å². The number of benzene rings is 3. The van der Waals surface area contributed by atoms with Crippen molar-refractivity contribution in [3.05, 3.63) is 101 Å². The summed E-state index contributed by atoms with van der Waals surface area (Å²) >= 11 is 6.88. The molecular weight excluding hydrogens is 536 g/mol. The van der Waals surface area contributed by atoms with Gasteiger partial charge in [0.2, 0.25) is 0 Å². The minimum atomic E-state index is -0.713. The largest absolute Gasteiger partial charge is 0.487 e. The van der Waals surface area contributed by atoms with Crippen molar-refractivity contribution >= 4 is 55.1 Å². The van der Waals surface area contributed by atoms with Gasteiger partial charge in [0.1, 0.15) is 18.0 Å². The van der Waals surface area contributed by atoms with E-state index < -0.39 is 15.5 Å². The second-order valence-corrected chi connectivity index (χ2v) is 7.94. The molecule has 0 fully saturated rings. The van der Waals surface area contributed by atoms with Gasteiger partial charge in [0, 0.05) is 16.1 Å². The molecule has 3 rings (SSSR count). The Kier molecular flexibility index (Phi) is 7.32. The Morgan fingerprint density at radius 1 is 1.00 bits per heavy atom. The van der Waals surface area contributed by atoms with Gasteiger partial charge in [-0.2, -0.15) is 5.10 Å². The summed E-state index contributed by atoms with van der Waals surface area (Å²) in [5, 5.41) is 26.2. The Balaban J connectivity index is 1.84. The third-order valence-electron chi connectivity index (χ3n) is 4.04. The fourth-order valence-corrected chi connectivity index (χ4v) is 3.98. The number of ether oxygens (including phenoxy) is 1. The minimum absolute atomic E-state index is 0.0210. The monoisotopic (exact) mass is 548 g/mol. The quantitative estimate of drug-likeness (QED) is 0.207. The van der Waals surface area contributed by atoms with Crippen LogP contribution in [0.3, 0.4) is 0 Å². The van der Waals surface area contributed by atoms with Crippen LogP contribution in [-0.4, -0.2) is 16.1 Å². The molecule has 0 aliphatic carbocycles. The van der Waals surface area contributed by atoms with E-state index in [1.54, 1.807) is 6.07 Å². The second kappa shape index (κ2) is 10.1. The first-order valence-corrected chi connectivity index (χ1v) is 10.3. The van der Waals surface area contributed by atoms with E-state index in [1.807, 2.05) is 36.4 Å². The first-order valence-electron chi connectivity index (χ1n) is 8.73. The van der Waals surface area contributed by atoms with Gasteiger partial charge in [-0.05, 0) is 39.7 Å². The number of hydrazone groups is 1. The van der Waals surface area contributed by atoms with Crippen molar-refractivity contribution in [3.8, 4) is 5.75 Å². The topological polar surface area (TPSA) is 120 Å². The molecular formula is C20H14Br2N4O5. The number of halogens is 2. The van der Waals surface area contributed by atoms with Crippen LogP contribution in [-0.2, 0) is 6.61 Å². The molecule has 0 aromatic heterocycles. The van der Waals surface area contributed by atoms with Crippen molar-refractivity contribution in [2.45, 2.75) is 6.61 Å². The molecule has 0 radical (unpaired) electrons. The highest BCUT2D eigenvalue weighted by molar-refractivity contribution is 9.11. The minimum Gasteiger partial charge on any atom is -0.487 e. The summed E-state index contributed by atoms with van der Waals surface area (Å²) in [5.74, 6) is 0.538. The van der Waals surface area contributed by atoms with Gasteiger partial charge >= 0.3 is 5.69 Å². The average molecular weight is 550 g/mol. The van der Waals surface area contributed by atoms with Crippen LogP contribution < -0.4 is 10.2 Å². The first-order chi connectivity index (χ1) is 14.8. The average Bonchev–Trinajstić information content (AvgIpc) is 2.73. The lowest BCUT2D eigenvalue weighted by atomic mass is 10.2. The van der Waals surface area contributed by atoms with Crippen molar-refractivity contribution in [2.75, 3.05) is 5.43 Å². The van der Waals surface area contributed by atoms with Crippen LogP contribution in [0.4, 0.5) is 17.1 Å². The van der Waals surface area contributed by atoms with Gasteiger partial charge in [0.15, 0.2) is 0 Å². The van der Waals surface area contributed by atoms with Crippen molar-refractivity contribution in [2.24, 2.45) is 5.10 Å². The predicted molar refractivity (Wildman–Crippen MR) is 124 cm³/mol. The number of nitrogens with one attached hydrogen (secondary N) is 1. The molecule has 31 heavy (non-hydrogen) atoms. The molecule has 0 spiro atoms. The molecule has 158 valence electrons. The fraction of sp³-hybridized carbons (Fsp3) is 0.0500. The van der Waals surface area contributed by atoms with Crippen molar-refractivity contribution < 1.29 is 14.6 Å². The molecule has 0 aliphatic heterocycles. The molecule has 11 heteroatoms. The predicted octanol–water partition coefficient (Wildman–Crippen LogP) is 6.05. The van der Waals surface area contributed by atoms with Crippen LogP contribution in [0.25, 0.3) is 0 Å². The van der Waals surface area contributed by atoms with Crippen molar-refractivity contribution in [1.82, 2.24) is 0 Å². The zero-order valence-corrected chi connectivity index (χ0v) is 18.9. The molecule has 0 amide bonds. The highest BCUT2D eigenvalue weighted by Crippen LogP contribution is 2.33. The number of rotatable bonds is 8. The maximum atomic E-state index is 11.3. The van der Waals surface area contributed by atoms with Gasteiger partial charge in [0.05, 0.1) is 26.6 Å². The summed E-state index contributed by atoms with van der Waals surface area (Å²) in [5.41, 5.74) is 3.34. The summed E-state index contributed by atoms with van der Waals surface area (Å²) in [7, 11) is 0. The lowest BCUT2D eigenvalue weighted by molar-refractivity contribution is -0.393. The number of non-ortho nitro benzene ring substituents is 1. The summed E-state index contributed by atoms with van der Waals surface area (Å²) < 4.78 is 7.41. The molecule has 9 nitrogen and oxygen atoms in total. The highest BCUT2D eigenvalue weighted by atomic mass is 79.9. The molecule has 3 aromatic rings. The molecule has 0 unspecified atom stereocenters. The molecule has 0 saturated heterocycles. The fourth-order valence-electron chi connectivity index (χ4n) is 2.61. The van der Waals surface area contributed by atoms with E-state index in [0.717, 1.165) is 22.2 Å². The summed E-state index contributed by atoms with van der Waals surface area (Å²) in [6, 6.07) is 16.5. The van der Waals surface area contributed by atoms with E-state index in [2.05, 4.69) is 42.4 Å². The van der Waals surface area contributed by atoms with Crippen molar-refractivity contribution in [1.29, 1.82) is 0 Å². The van der Waals surface area contributed by atoms with Crippen molar-refractivity contribution in [3.63, 3.8) is 0 Å². The molecule has 0 heterocycles. The molecule has 3 aromatic carbocycles. The van der Waals surface area contributed by atoms with E-state index in [1.165, 1.54) is 12.3 Å². The van der Waals surface area contributed by atoms with Crippen LogP contribution >= 0.6 is 31.9 Å². The van der Waals surface area contributed by atoms with Gasteiger partial charge in [-0.3, -0.25) is 25.7 Å². The number of nitro benzene ring substituents is 2. The van der Waals surface area contributed by atoms with Gasteiger partial charge in [-0.1, -0.05) is 46.3 Å². The third kappa shape index (κ3) is 5.86. The number of nitro groups is 2. The standard InChI is InChI=1S/C20H14Br2N4O5/c21-15-8-14(20(17(22)9-15)31-12-13-4-2-1-3-5-13)11-23-24-18-7-6-16(25(27)28)10-19(18)26(29)30/h1-11,24H,12H2/b23-11+. The molecule has 0 atom stereocenters. The normalized spacial score (nSPS) is 10.8. The summed E-state index contributed by atoms with van der Waals surface area (Å²) in [4.78, 5) is 20.7. The Labute approximate surface area is 193 Å². The number of hydrogen-bond acceptors (Lipinski definition) is 7. The van der Waals surface area contributed by atoms with Gasteiger partial charge < -0.3 is 4.74 Å².